The fraction of sp³-hybridized carbons (Fsp3) is 0.667. The van der Waals surface area contributed by atoms with E-state index in [0.717, 1.165) is 48.2 Å². The summed E-state index contributed by atoms with van der Waals surface area (Å²) in [4.78, 5) is 17.2. The van der Waals surface area contributed by atoms with Gasteiger partial charge in [0.2, 0.25) is 15.9 Å². The highest BCUT2D eigenvalue weighted by molar-refractivity contribution is 7.89. The number of piperazine rings is 1. The molecule has 2 aliphatic heterocycles. The van der Waals surface area contributed by atoms with Crippen molar-refractivity contribution >= 4 is 15.9 Å². The molecule has 0 saturated carbocycles. The van der Waals surface area contributed by atoms with Crippen LogP contribution in [0.4, 0.5) is 0 Å². The molecule has 2 heterocycles. The van der Waals surface area contributed by atoms with Gasteiger partial charge in [0.25, 0.3) is 0 Å². The van der Waals surface area contributed by atoms with Crippen molar-refractivity contribution in [3.8, 4) is 0 Å². The normalized spacial score (nSPS) is 20.5. The molecule has 6 nitrogen and oxygen atoms in total. The number of hydrogen-bond donors (Lipinski definition) is 0. The molecule has 1 atom stereocenters. The molecule has 0 N–H and O–H groups in total. The third-order valence-corrected chi connectivity index (χ3v) is 8.66. The molecule has 3 rings (SSSR count). The number of hydrogen-bond acceptors (Lipinski definition) is 4. The Bertz CT molecular complexity index is 826. The number of amides is 1. The summed E-state index contributed by atoms with van der Waals surface area (Å²) in [5.74, 6) is 0.176. The molecule has 2 saturated heterocycles. The third-order valence-electron chi connectivity index (χ3n) is 6.49. The molecule has 1 aromatic rings. The van der Waals surface area contributed by atoms with Crippen molar-refractivity contribution in [2.75, 3.05) is 39.3 Å². The van der Waals surface area contributed by atoms with Crippen molar-refractivity contribution < 1.29 is 13.2 Å². The lowest BCUT2D eigenvalue weighted by Crippen LogP contribution is -2.55. The average Bonchev–Trinajstić information content (AvgIpc) is 3.20. The molecule has 1 amide bonds. The Morgan fingerprint density at radius 1 is 0.893 bits per heavy atom. The first-order valence-electron chi connectivity index (χ1n) is 10.2. The van der Waals surface area contributed by atoms with Crippen LogP contribution in [0.15, 0.2) is 11.0 Å². The van der Waals surface area contributed by atoms with Crippen LogP contribution in [0.1, 0.15) is 42.0 Å². The predicted octanol–water partition coefficient (Wildman–Crippen LogP) is 2.24. The van der Waals surface area contributed by atoms with E-state index in [9.17, 15) is 13.2 Å². The van der Waals surface area contributed by atoms with E-state index in [2.05, 4.69) is 4.90 Å². The largest absolute Gasteiger partial charge is 0.341 e. The number of nitrogens with zero attached hydrogens (tertiary/aromatic N) is 3. The number of carbonyl (C=O) groups excluding carboxylic acids is 1. The van der Waals surface area contributed by atoms with Crippen LogP contribution in [-0.2, 0) is 14.8 Å². The summed E-state index contributed by atoms with van der Waals surface area (Å²) >= 11 is 0. The number of rotatable bonds is 4. The molecule has 0 radical (unpaired) electrons. The number of sulfonamides is 1. The second kappa shape index (κ2) is 8.13. The minimum absolute atomic E-state index is 0.176. The molecular weight excluding hydrogens is 374 g/mol. The van der Waals surface area contributed by atoms with Crippen LogP contribution in [0.2, 0.25) is 0 Å². The van der Waals surface area contributed by atoms with Crippen molar-refractivity contribution in [1.29, 1.82) is 0 Å². The fourth-order valence-electron chi connectivity index (χ4n) is 4.39. The maximum Gasteiger partial charge on any atom is 0.243 e. The van der Waals surface area contributed by atoms with Gasteiger partial charge in [-0.2, -0.15) is 4.31 Å². The van der Waals surface area contributed by atoms with Gasteiger partial charge in [-0.3, -0.25) is 9.69 Å². The lowest BCUT2D eigenvalue weighted by molar-refractivity contribution is -0.135. The smallest absolute Gasteiger partial charge is 0.243 e. The third kappa shape index (κ3) is 3.84. The lowest BCUT2D eigenvalue weighted by Gasteiger charge is -2.38. The fourth-order valence-corrected chi connectivity index (χ4v) is 6.38. The van der Waals surface area contributed by atoms with Crippen LogP contribution in [0.3, 0.4) is 0 Å². The molecule has 1 aromatic carbocycles. The van der Waals surface area contributed by atoms with Gasteiger partial charge in [-0.15, -0.1) is 0 Å². The Labute approximate surface area is 169 Å². The summed E-state index contributed by atoms with van der Waals surface area (Å²) in [5, 5.41) is 0. The first kappa shape index (κ1) is 21.3. The van der Waals surface area contributed by atoms with Crippen molar-refractivity contribution in [3.63, 3.8) is 0 Å². The van der Waals surface area contributed by atoms with Gasteiger partial charge in [0, 0.05) is 39.3 Å². The lowest BCUT2D eigenvalue weighted by atomic mass is 10.0. The molecule has 7 heteroatoms. The van der Waals surface area contributed by atoms with Gasteiger partial charge in [-0.25, -0.2) is 8.42 Å². The topological polar surface area (TPSA) is 60.9 Å². The molecule has 156 valence electrons. The number of carbonyl (C=O) groups is 1. The summed E-state index contributed by atoms with van der Waals surface area (Å²) in [5.41, 5.74) is 3.68. The summed E-state index contributed by atoms with van der Waals surface area (Å²) in [6.07, 6.45) is 2.16. The highest BCUT2D eigenvalue weighted by Crippen LogP contribution is 2.29. The minimum Gasteiger partial charge on any atom is -0.341 e. The van der Waals surface area contributed by atoms with Gasteiger partial charge in [-0.05, 0) is 69.7 Å². The molecule has 28 heavy (non-hydrogen) atoms. The first-order valence-corrected chi connectivity index (χ1v) is 11.7. The van der Waals surface area contributed by atoms with Crippen LogP contribution < -0.4 is 0 Å². The van der Waals surface area contributed by atoms with Crippen molar-refractivity contribution in [1.82, 2.24) is 14.1 Å². The van der Waals surface area contributed by atoms with E-state index in [1.54, 1.807) is 4.31 Å². The highest BCUT2D eigenvalue weighted by atomic mass is 32.2. The van der Waals surface area contributed by atoms with E-state index in [4.69, 9.17) is 0 Å². The second-order valence-corrected chi connectivity index (χ2v) is 10.1. The van der Waals surface area contributed by atoms with Gasteiger partial charge in [0.05, 0.1) is 10.9 Å². The molecule has 0 aliphatic carbocycles. The van der Waals surface area contributed by atoms with E-state index in [0.29, 0.717) is 31.1 Å². The maximum atomic E-state index is 13.4. The maximum absolute atomic E-state index is 13.4. The zero-order valence-electron chi connectivity index (χ0n) is 17.8. The van der Waals surface area contributed by atoms with Gasteiger partial charge < -0.3 is 4.90 Å². The van der Waals surface area contributed by atoms with Crippen LogP contribution in [0, 0.1) is 27.7 Å². The average molecular weight is 408 g/mol. The number of aryl methyl sites for hydroxylation is 2. The van der Waals surface area contributed by atoms with Crippen molar-refractivity contribution in [2.45, 2.75) is 58.4 Å². The zero-order chi connectivity index (χ0) is 20.6. The summed E-state index contributed by atoms with van der Waals surface area (Å²) in [6, 6.07) is 1.86. The molecular formula is C21H33N3O3S. The van der Waals surface area contributed by atoms with E-state index >= 15 is 0 Å². The Balaban J connectivity index is 1.73. The van der Waals surface area contributed by atoms with Crippen LogP contribution in [0.25, 0.3) is 0 Å². The monoisotopic (exact) mass is 407 g/mol. The standard InChI is InChI=1S/C21H33N3O3S/c1-15-14-16(2)18(4)20(17(15)3)28(26,27)24-12-10-22(11-13-24)19(5)21(25)23-8-6-7-9-23/h14,19H,6-13H2,1-5H3/t19-/m0/s1. The quantitative estimate of drug-likeness (QED) is 0.768. The number of benzene rings is 1. The molecule has 0 spiro atoms. The predicted molar refractivity (Wildman–Crippen MR) is 111 cm³/mol. The number of likely N-dealkylation sites (tertiary alicyclic amines) is 1. The van der Waals surface area contributed by atoms with Crippen LogP contribution >= 0.6 is 0 Å². The Morgan fingerprint density at radius 3 is 1.89 bits per heavy atom. The summed E-state index contributed by atoms with van der Waals surface area (Å²) in [7, 11) is -3.54. The van der Waals surface area contributed by atoms with Crippen molar-refractivity contribution in [3.05, 3.63) is 28.3 Å². The van der Waals surface area contributed by atoms with Gasteiger partial charge in [-0.1, -0.05) is 6.07 Å². The first-order chi connectivity index (χ1) is 13.1. The molecule has 2 aliphatic rings. The molecule has 0 aromatic heterocycles. The van der Waals surface area contributed by atoms with Crippen LogP contribution in [0.5, 0.6) is 0 Å². The van der Waals surface area contributed by atoms with E-state index in [-0.39, 0.29) is 11.9 Å². The summed E-state index contributed by atoms with van der Waals surface area (Å²) < 4.78 is 28.4. The zero-order valence-corrected chi connectivity index (χ0v) is 18.6. The Morgan fingerprint density at radius 2 is 1.39 bits per heavy atom. The van der Waals surface area contributed by atoms with Gasteiger partial charge in [0.1, 0.15) is 0 Å². The summed E-state index contributed by atoms with van der Waals surface area (Å²) in [6.45, 7) is 13.4. The van der Waals surface area contributed by atoms with E-state index in [1.807, 2.05) is 45.6 Å². The molecule has 0 bridgehead atoms. The van der Waals surface area contributed by atoms with Gasteiger partial charge in [0.15, 0.2) is 0 Å². The second-order valence-electron chi connectivity index (χ2n) is 8.24. The SMILES string of the molecule is Cc1cc(C)c(C)c(S(=O)(=O)N2CCN([C@@H](C)C(=O)N3CCCC3)CC2)c1C. The van der Waals surface area contributed by atoms with E-state index in [1.165, 1.54) is 0 Å². The van der Waals surface area contributed by atoms with Crippen molar-refractivity contribution in [2.24, 2.45) is 0 Å². The highest BCUT2D eigenvalue weighted by Gasteiger charge is 2.35. The van der Waals surface area contributed by atoms with Gasteiger partial charge >= 0.3 is 0 Å². The van der Waals surface area contributed by atoms with E-state index < -0.39 is 10.0 Å². The molecule has 0 unspecified atom stereocenters. The molecule has 2 fully saturated rings. The Hall–Kier alpha value is -1.44. The van der Waals surface area contributed by atoms with Crippen LogP contribution in [-0.4, -0.2) is 73.7 Å². The Kier molecular flexibility index (Phi) is 6.17. The minimum atomic E-state index is -3.54.